The third-order valence-corrected chi connectivity index (χ3v) is 3.62. The molecular weight excluding hydrogens is 244 g/mol. The molecule has 5 heteroatoms. The molecule has 1 aromatic rings. The maximum absolute atomic E-state index is 11.9. The normalized spacial score (nSPS) is 11.8. The van der Waals surface area contributed by atoms with E-state index < -0.39 is 9.68 Å². The van der Waals surface area contributed by atoms with Crippen LogP contribution in [0.5, 0.6) is 5.75 Å². The lowest BCUT2D eigenvalue weighted by atomic mass is 10.2. The summed E-state index contributed by atoms with van der Waals surface area (Å²) in [6, 6.07) is 8.24. The Bertz CT molecular complexity index is 419. The Hall–Kier alpha value is -1.49. The van der Waals surface area contributed by atoms with E-state index in [-0.39, 0.29) is 12.0 Å². The van der Waals surface area contributed by atoms with Gasteiger partial charge in [0.15, 0.2) is 9.68 Å². The first-order valence-corrected chi connectivity index (χ1v) is 7.96. The summed E-state index contributed by atoms with van der Waals surface area (Å²) in [7, 11) is -0.574. The number of rotatable bonds is 6. The number of carbonyl (C=O) groups excluding carboxylic acids is 1. The van der Waals surface area contributed by atoms with Gasteiger partial charge in [0.2, 0.25) is 0 Å². The summed E-state index contributed by atoms with van der Waals surface area (Å²) in [4.78, 5) is 11.9. The van der Waals surface area contributed by atoms with Gasteiger partial charge in [0.05, 0.1) is 11.7 Å². The Balaban J connectivity index is 2.75. The maximum atomic E-state index is 11.9. The number of hydrogen-bond acceptors (Lipinski definition) is 3. The molecule has 0 radical (unpaired) electrons. The minimum absolute atomic E-state index is 0.0327. The van der Waals surface area contributed by atoms with Crippen LogP contribution in [-0.4, -0.2) is 21.7 Å². The summed E-state index contributed by atoms with van der Waals surface area (Å²) in [5.41, 5.74) is 0.487. The van der Waals surface area contributed by atoms with Gasteiger partial charge in [0.1, 0.15) is 5.75 Å². The van der Waals surface area contributed by atoms with Crippen LogP contribution in [0, 0.1) is 0 Å². The number of nitrogens with zero attached hydrogens (tertiary/aromatic N) is 2. The first-order chi connectivity index (χ1) is 8.65. The Morgan fingerprint density at radius 3 is 2.78 bits per heavy atom. The van der Waals surface area contributed by atoms with E-state index in [1.807, 2.05) is 19.9 Å². The monoisotopic (exact) mass is 264 g/mol. The highest BCUT2D eigenvalue weighted by atomic mass is 28.2. The van der Waals surface area contributed by atoms with Crippen molar-refractivity contribution < 1.29 is 9.53 Å². The van der Waals surface area contributed by atoms with Crippen molar-refractivity contribution in [3.63, 3.8) is 0 Å². The van der Waals surface area contributed by atoms with Gasteiger partial charge < -0.3 is 4.74 Å². The molecule has 0 fully saturated rings. The van der Waals surface area contributed by atoms with E-state index in [0.29, 0.717) is 11.3 Å². The van der Waals surface area contributed by atoms with Crippen molar-refractivity contribution in [2.75, 3.05) is 0 Å². The molecule has 0 saturated carbocycles. The molecule has 1 rings (SSSR count). The van der Waals surface area contributed by atoms with E-state index in [0.717, 1.165) is 12.5 Å². The lowest BCUT2D eigenvalue weighted by Crippen LogP contribution is -2.09. The van der Waals surface area contributed by atoms with Crippen molar-refractivity contribution in [1.29, 1.82) is 0 Å². The molecule has 0 heterocycles. The lowest BCUT2D eigenvalue weighted by Gasteiger charge is -2.11. The van der Waals surface area contributed by atoms with E-state index in [9.17, 15) is 4.79 Å². The van der Waals surface area contributed by atoms with E-state index in [1.54, 1.807) is 18.2 Å². The van der Waals surface area contributed by atoms with Gasteiger partial charge in [-0.05, 0) is 32.0 Å². The Labute approximate surface area is 110 Å². The zero-order valence-electron chi connectivity index (χ0n) is 11.2. The summed E-state index contributed by atoms with van der Waals surface area (Å²) in [5.74, 6) is 0.267. The molecule has 0 aliphatic carbocycles. The van der Waals surface area contributed by atoms with Crippen LogP contribution in [-0.2, 0) is 0 Å². The predicted octanol–water partition coefficient (Wildman–Crippen LogP) is 2.98. The molecule has 0 bridgehead atoms. The molecular formula is C13H20N2O2Si. The highest BCUT2D eigenvalue weighted by Crippen LogP contribution is 2.20. The fraction of sp³-hybridized carbons (Fsp3) is 0.462. The fourth-order valence-electron chi connectivity index (χ4n) is 1.40. The summed E-state index contributed by atoms with van der Waals surface area (Å²) in [6.45, 7) is 5.96. The lowest BCUT2D eigenvalue weighted by molar-refractivity contribution is 0.0990. The first-order valence-electron chi connectivity index (χ1n) is 6.32. The number of hydrogen-bond donors (Lipinski definition) is 0. The predicted molar refractivity (Wildman–Crippen MR) is 75.0 cm³/mol. The van der Waals surface area contributed by atoms with Gasteiger partial charge in [0.25, 0.3) is 5.91 Å². The standard InChI is InChI=1S/C13H20N2O2Si/c1-4-9-18-15-14-13(16)11-7-5-6-8-12(11)17-10(2)3/h5-8,10H,4,9,18H2,1-3H3. The second kappa shape index (κ2) is 7.76. The molecule has 18 heavy (non-hydrogen) atoms. The van der Waals surface area contributed by atoms with Crippen LogP contribution in [0.1, 0.15) is 37.6 Å². The summed E-state index contributed by atoms with van der Waals surface area (Å²) >= 11 is 0. The van der Waals surface area contributed by atoms with E-state index in [1.165, 1.54) is 0 Å². The smallest absolute Gasteiger partial charge is 0.297 e. The first kappa shape index (κ1) is 14.6. The molecule has 0 atom stereocenters. The van der Waals surface area contributed by atoms with Crippen molar-refractivity contribution >= 4 is 15.6 Å². The van der Waals surface area contributed by atoms with Crippen LogP contribution in [0.15, 0.2) is 34.2 Å². The number of ether oxygens (including phenoxy) is 1. The van der Waals surface area contributed by atoms with E-state index in [4.69, 9.17) is 4.74 Å². The molecule has 0 unspecified atom stereocenters. The Morgan fingerprint density at radius 1 is 1.39 bits per heavy atom. The number of benzene rings is 1. The van der Waals surface area contributed by atoms with Gasteiger partial charge in [0, 0.05) is 0 Å². The van der Waals surface area contributed by atoms with Crippen LogP contribution >= 0.6 is 0 Å². The number of amides is 1. The molecule has 0 aliphatic heterocycles. The highest BCUT2D eigenvalue weighted by molar-refractivity contribution is 6.32. The number of carbonyl (C=O) groups is 1. The average Bonchev–Trinajstić information content (AvgIpc) is 2.34. The molecule has 0 saturated heterocycles. The highest BCUT2D eigenvalue weighted by Gasteiger charge is 2.12. The third kappa shape index (κ3) is 4.79. The molecule has 0 aromatic heterocycles. The zero-order valence-corrected chi connectivity index (χ0v) is 12.6. The van der Waals surface area contributed by atoms with Crippen LogP contribution < -0.4 is 4.74 Å². The van der Waals surface area contributed by atoms with E-state index >= 15 is 0 Å². The van der Waals surface area contributed by atoms with Crippen molar-refractivity contribution in [3.8, 4) is 5.75 Å². The minimum Gasteiger partial charge on any atom is -0.490 e. The second-order valence-electron chi connectivity index (χ2n) is 4.29. The average molecular weight is 264 g/mol. The van der Waals surface area contributed by atoms with Gasteiger partial charge in [-0.3, -0.25) is 4.79 Å². The van der Waals surface area contributed by atoms with Crippen molar-refractivity contribution in [3.05, 3.63) is 29.8 Å². The van der Waals surface area contributed by atoms with E-state index in [2.05, 4.69) is 16.8 Å². The van der Waals surface area contributed by atoms with Crippen LogP contribution in [0.4, 0.5) is 0 Å². The molecule has 1 aromatic carbocycles. The van der Waals surface area contributed by atoms with Crippen molar-refractivity contribution in [1.82, 2.24) is 0 Å². The van der Waals surface area contributed by atoms with Crippen molar-refractivity contribution in [2.24, 2.45) is 9.89 Å². The van der Waals surface area contributed by atoms with Crippen molar-refractivity contribution in [2.45, 2.75) is 39.3 Å². The third-order valence-electron chi connectivity index (χ3n) is 2.25. The Morgan fingerprint density at radius 2 is 2.11 bits per heavy atom. The van der Waals surface area contributed by atoms with Gasteiger partial charge in [-0.2, -0.15) is 0 Å². The molecule has 4 nitrogen and oxygen atoms in total. The fourth-order valence-corrected chi connectivity index (χ4v) is 2.08. The van der Waals surface area contributed by atoms with Gasteiger partial charge in [-0.1, -0.05) is 25.5 Å². The largest absolute Gasteiger partial charge is 0.490 e. The molecule has 98 valence electrons. The van der Waals surface area contributed by atoms with Crippen LogP contribution in [0.2, 0.25) is 6.04 Å². The van der Waals surface area contributed by atoms with Crippen LogP contribution in [0.3, 0.4) is 0 Å². The van der Waals surface area contributed by atoms with Gasteiger partial charge >= 0.3 is 0 Å². The molecule has 1 amide bonds. The number of para-hydroxylation sites is 1. The quantitative estimate of drug-likeness (QED) is 0.450. The summed E-state index contributed by atoms with van der Waals surface area (Å²) < 4.78 is 9.60. The van der Waals surface area contributed by atoms with Crippen LogP contribution in [0.25, 0.3) is 0 Å². The second-order valence-corrected chi connectivity index (χ2v) is 5.72. The topological polar surface area (TPSA) is 51.0 Å². The molecule has 0 aliphatic rings. The maximum Gasteiger partial charge on any atom is 0.297 e. The molecule has 0 spiro atoms. The Kier molecular flexibility index (Phi) is 6.28. The summed E-state index contributed by atoms with van der Waals surface area (Å²) in [6.07, 6.45) is 1.14. The molecule has 0 N–H and O–H groups in total. The van der Waals surface area contributed by atoms with Gasteiger partial charge in [-0.25, -0.2) is 4.78 Å². The van der Waals surface area contributed by atoms with Gasteiger partial charge in [-0.15, -0.1) is 5.11 Å². The minimum atomic E-state index is -0.574. The zero-order chi connectivity index (χ0) is 13.4. The SMILES string of the molecule is CCC[SiH2]N=NC(=O)c1ccccc1OC(C)C. The summed E-state index contributed by atoms with van der Waals surface area (Å²) in [5, 5.41) is 3.77.